The highest BCUT2D eigenvalue weighted by Crippen LogP contribution is 2.38. The average Bonchev–Trinajstić information content (AvgIpc) is 3.40. The van der Waals surface area contributed by atoms with Gasteiger partial charge >= 0.3 is 0 Å². The number of nitrogens with zero attached hydrogens (tertiary/aromatic N) is 4. The molecule has 6 nitrogen and oxygen atoms in total. The van der Waals surface area contributed by atoms with Gasteiger partial charge in [-0.1, -0.05) is 12.8 Å². The maximum absolute atomic E-state index is 5.65. The van der Waals surface area contributed by atoms with E-state index in [2.05, 4.69) is 34.1 Å². The van der Waals surface area contributed by atoms with E-state index in [0.29, 0.717) is 18.0 Å². The number of rotatable bonds is 4. The van der Waals surface area contributed by atoms with Gasteiger partial charge in [-0.2, -0.15) is 5.10 Å². The van der Waals surface area contributed by atoms with E-state index < -0.39 is 0 Å². The number of nitrogens with one attached hydrogen (secondary N) is 1. The zero-order valence-electron chi connectivity index (χ0n) is 15.8. The van der Waals surface area contributed by atoms with Crippen LogP contribution in [0.3, 0.4) is 0 Å². The molecular weight excluding hydrogens is 441 g/mol. The van der Waals surface area contributed by atoms with Gasteiger partial charge in [0.2, 0.25) is 0 Å². The monoisotopic (exact) mass is 473 g/mol. The van der Waals surface area contributed by atoms with Crippen LogP contribution < -0.4 is 5.32 Å². The van der Waals surface area contributed by atoms with Crippen molar-refractivity contribution in [1.29, 1.82) is 0 Å². The Bertz CT molecular complexity index is 605. The smallest absolute Gasteiger partial charge is 0.194 e. The summed E-state index contributed by atoms with van der Waals surface area (Å²) in [5.41, 5.74) is 1.43. The second-order valence-corrected chi connectivity index (χ2v) is 7.87. The van der Waals surface area contributed by atoms with Gasteiger partial charge in [0.1, 0.15) is 0 Å². The number of aromatic nitrogens is 2. The van der Waals surface area contributed by atoms with Crippen molar-refractivity contribution in [3.63, 3.8) is 0 Å². The minimum absolute atomic E-state index is 0. The lowest BCUT2D eigenvalue weighted by atomic mass is 9.87. The Labute approximate surface area is 173 Å². The van der Waals surface area contributed by atoms with Gasteiger partial charge in [0.15, 0.2) is 5.96 Å². The third-order valence-electron chi connectivity index (χ3n) is 6.01. The zero-order chi connectivity index (χ0) is 17.1. The number of guanidine groups is 1. The van der Waals surface area contributed by atoms with Crippen molar-refractivity contribution in [2.75, 3.05) is 32.8 Å². The molecule has 0 aromatic carbocycles. The summed E-state index contributed by atoms with van der Waals surface area (Å²) in [5, 5.41) is 8.23. The summed E-state index contributed by atoms with van der Waals surface area (Å²) in [7, 11) is 0. The van der Waals surface area contributed by atoms with Crippen LogP contribution in [-0.2, 0) is 11.3 Å². The van der Waals surface area contributed by atoms with Gasteiger partial charge in [0.05, 0.1) is 24.9 Å². The fourth-order valence-corrected chi connectivity index (χ4v) is 4.50. The lowest BCUT2D eigenvalue weighted by Crippen LogP contribution is -2.41. The summed E-state index contributed by atoms with van der Waals surface area (Å²) >= 11 is 0. The molecule has 2 aliphatic heterocycles. The molecule has 26 heavy (non-hydrogen) atoms. The van der Waals surface area contributed by atoms with Crippen molar-refractivity contribution < 1.29 is 4.74 Å². The van der Waals surface area contributed by atoms with Crippen LogP contribution in [0.25, 0.3) is 0 Å². The molecule has 1 N–H and O–H groups in total. The maximum Gasteiger partial charge on any atom is 0.194 e. The molecule has 0 bridgehead atoms. The number of ether oxygens (including phenoxy) is 1. The molecule has 3 aliphatic rings. The Kier molecular flexibility index (Phi) is 6.82. The molecular formula is C19H32IN5O. The summed E-state index contributed by atoms with van der Waals surface area (Å²) in [5.74, 6) is 1.03. The highest BCUT2D eigenvalue weighted by Gasteiger charge is 2.42. The Morgan fingerprint density at radius 2 is 2.23 bits per heavy atom. The van der Waals surface area contributed by atoms with E-state index in [1.165, 1.54) is 38.5 Å². The summed E-state index contributed by atoms with van der Waals surface area (Å²) in [6.07, 6.45) is 9.75. The quantitative estimate of drug-likeness (QED) is 0.415. The van der Waals surface area contributed by atoms with Gasteiger partial charge in [0.25, 0.3) is 0 Å². The first kappa shape index (κ1) is 19.9. The molecule has 1 unspecified atom stereocenters. The third kappa shape index (κ3) is 4.35. The molecule has 146 valence electrons. The Morgan fingerprint density at radius 1 is 1.38 bits per heavy atom. The number of likely N-dealkylation sites (tertiary alicyclic amines) is 1. The lowest BCUT2D eigenvalue weighted by Gasteiger charge is -2.24. The van der Waals surface area contributed by atoms with Gasteiger partial charge in [0, 0.05) is 37.9 Å². The molecule has 3 fully saturated rings. The Balaban J connectivity index is 0.00000196. The average molecular weight is 473 g/mol. The fraction of sp³-hybridized carbons (Fsp3) is 0.789. The minimum atomic E-state index is 0. The zero-order valence-corrected chi connectivity index (χ0v) is 18.2. The van der Waals surface area contributed by atoms with Gasteiger partial charge in [-0.25, -0.2) is 4.99 Å². The molecule has 4 rings (SSSR count). The van der Waals surface area contributed by atoms with Crippen molar-refractivity contribution >= 4 is 29.9 Å². The summed E-state index contributed by atoms with van der Waals surface area (Å²) in [6.45, 7) is 7.65. The van der Waals surface area contributed by atoms with Crippen molar-refractivity contribution in [3.05, 3.63) is 18.0 Å². The first-order chi connectivity index (χ1) is 12.3. The second-order valence-electron chi connectivity index (χ2n) is 7.87. The molecule has 0 amide bonds. The first-order valence-electron chi connectivity index (χ1n) is 9.93. The molecule has 7 heteroatoms. The fourth-order valence-electron chi connectivity index (χ4n) is 4.50. The van der Waals surface area contributed by atoms with E-state index in [4.69, 9.17) is 14.8 Å². The predicted molar refractivity (Wildman–Crippen MR) is 114 cm³/mol. The molecule has 1 spiro atoms. The lowest BCUT2D eigenvalue weighted by molar-refractivity contribution is 0.156. The largest absolute Gasteiger partial charge is 0.381 e. The minimum Gasteiger partial charge on any atom is -0.381 e. The van der Waals surface area contributed by atoms with Crippen molar-refractivity contribution in [3.8, 4) is 0 Å². The first-order valence-corrected chi connectivity index (χ1v) is 9.93. The van der Waals surface area contributed by atoms with E-state index in [-0.39, 0.29) is 24.0 Å². The van der Waals surface area contributed by atoms with E-state index in [1.54, 1.807) is 0 Å². The van der Waals surface area contributed by atoms with E-state index in [0.717, 1.165) is 44.5 Å². The van der Waals surface area contributed by atoms with E-state index >= 15 is 0 Å². The number of hydrogen-bond donors (Lipinski definition) is 1. The normalized spacial score (nSPS) is 26.7. The molecule has 1 saturated carbocycles. The number of aliphatic imine (C=N–C) groups is 1. The molecule has 1 atom stereocenters. The molecule has 3 heterocycles. The van der Waals surface area contributed by atoms with Crippen LogP contribution in [0.2, 0.25) is 0 Å². The topological polar surface area (TPSA) is 54.7 Å². The van der Waals surface area contributed by atoms with Crippen molar-refractivity contribution in [2.45, 2.75) is 58.0 Å². The summed E-state index contributed by atoms with van der Waals surface area (Å²) in [6, 6.07) is 2.73. The van der Waals surface area contributed by atoms with Crippen LogP contribution in [0.15, 0.2) is 17.3 Å². The van der Waals surface area contributed by atoms with Gasteiger partial charge < -0.3 is 15.0 Å². The number of hydrogen-bond acceptors (Lipinski definition) is 3. The molecule has 1 aliphatic carbocycles. The predicted octanol–water partition coefficient (Wildman–Crippen LogP) is 3.19. The Hall–Kier alpha value is -0.830. The number of halogens is 1. The van der Waals surface area contributed by atoms with Gasteiger partial charge in [-0.15, -0.1) is 24.0 Å². The van der Waals surface area contributed by atoms with E-state index in [9.17, 15) is 0 Å². The standard InChI is InChI=1S/C19H31N5O.HI/c1-2-20-18(23-11-8-19(14-23)9-12-25-15-19)21-13-16-7-10-24(22-16)17-5-3-4-6-17;/h7,10,17H,2-6,8-9,11-15H2,1H3,(H,20,21);1H. The summed E-state index contributed by atoms with van der Waals surface area (Å²) in [4.78, 5) is 7.28. The van der Waals surface area contributed by atoms with Crippen LogP contribution in [0.1, 0.15) is 57.2 Å². The van der Waals surface area contributed by atoms with Crippen LogP contribution in [0.4, 0.5) is 0 Å². The highest BCUT2D eigenvalue weighted by molar-refractivity contribution is 14.0. The van der Waals surface area contributed by atoms with Gasteiger partial charge in [-0.3, -0.25) is 4.68 Å². The van der Waals surface area contributed by atoms with Crippen LogP contribution in [0.5, 0.6) is 0 Å². The van der Waals surface area contributed by atoms with Crippen LogP contribution >= 0.6 is 24.0 Å². The molecule has 1 aromatic rings. The summed E-state index contributed by atoms with van der Waals surface area (Å²) < 4.78 is 7.81. The van der Waals surface area contributed by atoms with E-state index in [1.807, 2.05) is 0 Å². The third-order valence-corrected chi connectivity index (χ3v) is 6.01. The SMILES string of the molecule is CCNC(=NCc1ccn(C2CCCC2)n1)N1CCC2(CCOC2)C1.I. The maximum atomic E-state index is 5.65. The van der Waals surface area contributed by atoms with Crippen molar-refractivity contribution in [2.24, 2.45) is 10.4 Å². The van der Waals surface area contributed by atoms with Crippen LogP contribution in [0, 0.1) is 5.41 Å². The second kappa shape index (κ2) is 8.91. The Morgan fingerprint density at radius 3 is 2.96 bits per heavy atom. The van der Waals surface area contributed by atoms with Gasteiger partial charge in [-0.05, 0) is 38.7 Å². The molecule has 2 saturated heterocycles. The van der Waals surface area contributed by atoms with Crippen LogP contribution in [-0.4, -0.2) is 53.5 Å². The molecule has 0 radical (unpaired) electrons. The molecule has 1 aromatic heterocycles. The van der Waals surface area contributed by atoms with Crippen molar-refractivity contribution in [1.82, 2.24) is 20.0 Å². The highest BCUT2D eigenvalue weighted by atomic mass is 127.